The average Bonchev–Trinajstić information content (AvgIpc) is 3.00. The van der Waals surface area contributed by atoms with Crippen molar-refractivity contribution in [1.29, 1.82) is 0 Å². The van der Waals surface area contributed by atoms with Crippen molar-refractivity contribution in [3.8, 4) is 0 Å². The minimum absolute atomic E-state index is 0.0645. The second-order valence-electron chi connectivity index (χ2n) is 7.43. The van der Waals surface area contributed by atoms with E-state index in [9.17, 15) is 14.4 Å². The molecule has 0 amide bonds. The van der Waals surface area contributed by atoms with Crippen LogP contribution in [0.3, 0.4) is 0 Å². The summed E-state index contributed by atoms with van der Waals surface area (Å²) in [6.07, 6.45) is 0. The number of benzene rings is 1. The maximum Gasteiger partial charge on any atom is 0.374 e. The summed E-state index contributed by atoms with van der Waals surface area (Å²) < 4.78 is 17.8. The number of carbonyl (C=O) groups excluding carboxylic acids is 2. The highest BCUT2D eigenvalue weighted by Crippen LogP contribution is 2.21. The smallest absolute Gasteiger partial charge is 0.374 e. The van der Waals surface area contributed by atoms with Crippen LogP contribution in [0.2, 0.25) is 0 Å². The number of hydrogen-bond acceptors (Lipinski definition) is 6. The van der Waals surface area contributed by atoms with Gasteiger partial charge in [-0.05, 0) is 45.9 Å². The summed E-state index contributed by atoms with van der Waals surface area (Å²) in [5, 5.41) is 0.389. The summed E-state index contributed by atoms with van der Waals surface area (Å²) in [5.74, 6) is -1.42. The number of methoxy groups -OCH3 is 1. The SMILES string of the molecule is COC[C@@H](C)n1c(C)cc(C(=O)COC(=O)c2cc(=O)c3cc(C)ccc3o2)c1C. The Bertz CT molecular complexity index is 1170. The van der Waals surface area contributed by atoms with E-state index in [1.165, 1.54) is 0 Å². The largest absolute Gasteiger partial charge is 0.451 e. The lowest BCUT2D eigenvalue weighted by atomic mass is 10.1. The number of ether oxygens (including phenoxy) is 2. The Morgan fingerprint density at radius 3 is 2.57 bits per heavy atom. The second kappa shape index (κ2) is 8.67. The molecule has 0 saturated heterocycles. The van der Waals surface area contributed by atoms with Gasteiger partial charge >= 0.3 is 5.97 Å². The molecule has 0 bridgehead atoms. The zero-order valence-electron chi connectivity index (χ0n) is 17.8. The second-order valence-corrected chi connectivity index (χ2v) is 7.43. The van der Waals surface area contributed by atoms with Crippen molar-refractivity contribution >= 4 is 22.7 Å². The van der Waals surface area contributed by atoms with Crippen LogP contribution in [0.4, 0.5) is 0 Å². The first-order valence-corrected chi connectivity index (χ1v) is 9.65. The molecule has 158 valence electrons. The maximum absolute atomic E-state index is 12.6. The molecule has 30 heavy (non-hydrogen) atoms. The Balaban J connectivity index is 1.76. The van der Waals surface area contributed by atoms with Crippen LogP contribution >= 0.6 is 0 Å². The molecule has 0 radical (unpaired) electrons. The van der Waals surface area contributed by atoms with Crippen molar-refractivity contribution in [2.24, 2.45) is 0 Å². The lowest BCUT2D eigenvalue weighted by molar-refractivity contribution is 0.0444. The molecule has 0 unspecified atom stereocenters. The van der Waals surface area contributed by atoms with Crippen LogP contribution in [0.1, 0.15) is 50.8 Å². The minimum Gasteiger partial charge on any atom is -0.451 e. The van der Waals surface area contributed by atoms with Crippen LogP contribution < -0.4 is 5.43 Å². The standard InChI is InChI=1S/C23H25NO6/c1-13-6-7-21-18(8-13)19(25)10-22(30-21)23(27)29-12-20(26)17-9-14(2)24(16(17)4)15(3)11-28-5/h6-10,15H,11-12H2,1-5H3/t15-/m1/s1. The quantitative estimate of drug-likeness (QED) is 0.434. The van der Waals surface area contributed by atoms with Gasteiger partial charge in [0.2, 0.25) is 11.5 Å². The molecule has 7 heteroatoms. The molecule has 0 aliphatic rings. The number of esters is 1. The Hall–Kier alpha value is -3.19. The topological polar surface area (TPSA) is 87.7 Å². The normalized spacial score (nSPS) is 12.2. The fraction of sp³-hybridized carbons (Fsp3) is 0.348. The lowest BCUT2D eigenvalue weighted by Gasteiger charge is -2.17. The number of hydrogen-bond donors (Lipinski definition) is 0. The summed E-state index contributed by atoms with van der Waals surface area (Å²) in [7, 11) is 1.63. The first kappa shape index (κ1) is 21.5. The van der Waals surface area contributed by atoms with E-state index in [1.807, 2.05) is 32.3 Å². The van der Waals surface area contributed by atoms with Crippen LogP contribution in [-0.4, -0.2) is 36.6 Å². The van der Waals surface area contributed by atoms with Crippen LogP contribution in [0.5, 0.6) is 0 Å². The van der Waals surface area contributed by atoms with Gasteiger partial charge in [0, 0.05) is 30.1 Å². The molecular weight excluding hydrogens is 386 g/mol. The number of carbonyl (C=O) groups is 2. The Morgan fingerprint density at radius 2 is 1.87 bits per heavy atom. The van der Waals surface area contributed by atoms with E-state index in [2.05, 4.69) is 0 Å². The fourth-order valence-corrected chi connectivity index (χ4v) is 3.70. The molecule has 0 N–H and O–H groups in total. The molecular formula is C23H25NO6. The van der Waals surface area contributed by atoms with Gasteiger partial charge in [-0.25, -0.2) is 4.79 Å². The highest BCUT2D eigenvalue weighted by molar-refractivity contribution is 6.00. The maximum atomic E-state index is 12.6. The van der Waals surface area contributed by atoms with Gasteiger partial charge < -0.3 is 18.5 Å². The number of fused-ring (bicyclic) bond motifs is 1. The molecule has 0 aliphatic carbocycles. The summed E-state index contributed by atoms with van der Waals surface area (Å²) in [4.78, 5) is 37.3. The van der Waals surface area contributed by atoms with Gasteiger partial charge in [0.1, 0.15) is 5.58 Å². The number of rotatable bonds is 7. The molecule has 0 fully saturated rings. The number of Topliss-reactive ketones (excluding diaryl/α,β-unsaturated/α-hetero) is 1. The highest BCUT2D eigenvalue weighted by Gasteiger charge is 2.21. The zero-order chi connectivity index (χ0) is 22.0. The van der Waals surface area contributed by atoms with Gasteiger partial charge in [-0.1, -0.05) is 11.6 Å². The third-order valence-electron chi connectivity index (χ3n) is 5.05. The molecule has 2 heterocycles. The number of ketones is 1. The van der Waals surface area contributed by atoms with Crippen LogP contribution in [0, 0.1) is 20.8 Å². The van der Waals surface area contributed by atoms with Gasteiger partial charge in [-0.15, -0.1) is 0 Å². The predicted molar refractivity (Wildman–Crippen MR) is 112 cm³/mol. The van der Waals surface area contributed by atoms with Crippen molar-refractivity contribution in [1.82, 2.24) is 4.57 Å². The number of aromatic nitrogens is 1. The summed E-state index contributed by atoms with van der Waals surface area (Å²) in [6, 6.07) is 8.03. The van der Waals surface area contributed by atoms with Crippen molar-refractivity contribution in [3.63, 3.8) is 0 Å². The molecule has 1 aromatic carbocycles. The lowest BCUT2D eigenvalue weighted by Crippen LogP contribution is -2.17. The van der Waals surface area contributed by atoms with Crippen LogP contribution in [0.15, 0.2) is 39.5 Å². The highest BCUT2D eigenvalue weighted by atomic mass is 16.5. The van der Waals surface area contributed by atoms with Gasteiger partial charge in [-0.2, -0.15) is 0 Å². The molecule has 3 aromatic rings. The van der Waals surface area contributed by atoms with Crippen molar-refractivity contribution in [2.75, 3.05) is 20.3 Å². The van der Waals surface area contributed by atoms with Crippen molar-refractivity contribution in [2.45, 2.75) is 33.7 Å². The Morgan fingerprint density at radius 1 is 1.13 bits per heavy atom. The average molecular weight is 411 g/mol. The molecule has 1 atom stereocenters. The van der Waals surface area contributed by atoms with E-state index < -0.39 is 12.6 Å². The van der Waals surface area contributed by atoms with Crippen molar-refractivity contribution in [3.05, 3.63) is 68.8 Å². The van der Waals surface area contributed by atoms with Crippen LogP contribution in [0.25, 0.3) is 11.0 Å². The fourth-order valence-electron chi connectivity index (χ4n) is 3.70. The first-order chi connectivity index (χ1) is 14.2. The van der Waals surface area contributed by atoms with E-state index in [0.717, 1.165) is 23.0 Å². The minimum atomic E-state index is -0.857. The third kappa shape index (κ3) is 4.21. The van der Waals surface area contributed by atoms with Gasteiger partial charge in [0.05, 0.1) is 18.0 Å². The number of aryl methyl sites for hydroxylation is 2. The third-order valence-corrected chi connectivity index (χ3v) is 5.05. The molecule has 7 nitrogen and oxygen atoms in total. The van der Waals surface area contributed by atoms with E-state index >= 15 is 0 Å². The van der Waals surface area contributed by atoms with Gasteiger partial charge in [0.15, 0.2) is 12.0 Å². The Labute approximate surface area is 174 Å². The number of nitrogens with zero attached hydrogens (tertiary/aromatic N) is 1. The summed E-state index contributed by atoms with van der Waals surface area (Å²) in [6.45, 7) is 7.68. The molecule has 0 saturated carbocycles. The summed E-state index contributed by atoms with van der Waals surface area (Å²) >= 11 is 0. The molecule has 0 spiro atoms. The zero-order valence-corrected chi connectivity index (χ0v) is 17.8. The van der Waals surface area contributed by atoms with Crippen LogP contribution in [-0.2, 0) is 9.47 Å². The molecule has 3 rings (SSSR count). The van der Waals surface area contributed by atoms with E-state index in [1.54, 1.807) is 31.4 Å². The van der Waals surface area contributed by atoms with Crippen molar-refractivity contribution < 1.29 is 23.5 Å². The first-order valence-electron chi connectivity index (χ1n) is 9.65. The van der Waals surface area contributed by atoms with E-state index in [0.29, 0.717) is 23.1 Å². The van der Waals surface area contributed by atoms with E-state index in [-0.39, 0.29) is 23.0 Å². The Kier molecular flexibility index (Phi) is 6.22. The molecule has 0 aliphatic heterocycles. The predicted octanol–water partition coefficient (Wildman–Crippen LogP) is 3.77. The molecule has 2 aromatic heterocycles. The van der Waals surface area contributed by atoms with Gasteiger partial charge in [0.25, 0.3) is 0 Å². The summed E-state index contributed by atoms with van der Waals surface area (Å²) in [5.41, 5.74) is 3.05. The van der Waals surface area contributed by atoms with Gasteiger partial charge in [-0.3, -0.25) is 9.59 Å². The van der Waals surface area contributed by atoms with E-state index in [4.69, 9.17) is 13.9 Å². The monoisotopic (exact) mass is 411 g/mol.